The van der Waals surface area contributed by atoms with E-state index in [-0.39, 0.29) is 13.0 Å². The molecule has 0 aromatic heterocycles. The molecule has 2 N–H and O–H groups in total. The normalized spacial score (nSPS) is 10.4. The number of anilines is 1. The molecule has 0 saturated carbocycles. The second kappa shape index (κ2) is 10.5. The molecule has 2 amide bonds. The van der Waals surface area contributed by atoms with E-state index < -0.39 is 11.8 Å². The summed E-state index contributed by atoms with van der Waals surface area (Å²) in [5.41, 5.74) is 4.33. The van der Waals surface area contributed by atoms with Crippen LogP contribution in [0, 0.1) is 19.3 Å². The van der Waals surface area contributed by atoms with Gasteiger partial charge in [0, 0.05) is 20.7 Å². The molecular weight excluding hydrogens is 446 g/mol. The summed E-state index contributed by atoms with van der Waals surface area (Å²) in [6.07, 6.45) is 6.21. The number of ether oxygens (including phenoxy) is 1. The fourth-order valence-corrected chi connectivity index (χ4v) is 2.67. The summed E-state index contributed by atoms with van der Waals surface area (Å²) in [5, 5.41) is 7.00. The van der Waals surface area contributed by atoms with Gasteiger partial charge in [-0.1, -0.05) is 39.5 Å². The average Bonchev–Trinajstić information content (AvgIpc) is 2.64. The Hall–Kier alpha value is -2.82. The first-order valence-electron chi connectivity index (χ1n) is 8.12. The fourth-order valence-electron chi connectivity index (χ4n) is 2.11. The smallest absolute Gasteiger partial charge is 0.249 e. The van der Waals surface area contributed by atoms with Crippen molar-refractivity contribution in [3.05, 3.63) is 57.0 Å². The molecule has 6 nitrogen and oxygen atoms in total. The second-order valence-corrected chi connectivity index (χ2v) is 6.98. The molecule has 8 heteroatoms. The Balaban J connectivity index is 1.91. The number of benzene rings is 2. The lowest BCUT2D eigenvalue weighted by atomic mass is 10.2. The Bertz CT molecular complexity index is 954. The van der Waals surface area contributed by atoms with Crippen molar-refractivity contribution in [2.45, 2.75) is 13.3 Å². The van der Waals surface area contributed by atoms with Gasteiger partial charge < -0.3 is 10.1 Å². The lowest BCUT2D eigenvalue weighted by Gasteiger charge is -2.07. The molecule has 0 bridgehead atoms. The Morgan fingerprint density at radius 1 is 1.29 bits per heavy atom. The van der Waals surface area contributed by atoms with Gasteiger partial charge in [-0.05, 0) is 42.8 Å². The highest BCUT2D eigenvalue weighted by Crippen LogP contribution is 2.22. The van der Waals surface area contributed by atoms with Crippen LogP contribution in [0.1, 0.15) is 17.5 Å². The average molecular weight is 463 g/mol. The van der Waals surface area contributed by atoms with Crippen LogP contribution in [0.15, 0.2) is 46.0 Å². The van der Waals surface area contributed by atoms with E-state index in [0.717, 1.165) is 10.0 Å². The number of rotatable bonds is 7. The van der Waals surface area contributed by atoms with Gasteiger partial charge in [0.05, 0.1) is 6.21 Å². The SMILES string of the molecule is C#CCOc1ccc(Br)cc1C=NNC(=O)CC(=O)Nc1ccc(C)c(Cl)c1. The molecule has 28 heavy (non-hydrogen) atoms. The van der Waals surface area contributed by atoms with Crippen molar-refractivity contribution in [3.63, 3.8) is 0 Å². The van der Waals surface area contributed by atoms with Crippen LogP contribution < -0.4 is 15.5 Å². The van der Waals surface area contributed by atoms with Crippen LogP contribution in [-0.4, -0.2) is 24.6 Å². The molecule has 2 aromatic rings. The molecule has 2 rings (SSSR count). The minimum Gasteiger partial charge on any atom is -0.480 e. The third kappa shape index (κ3) is 6.72. The second-order valence-electron chi connectivity index (χ2n) is 5.66. The highest BCUT2D eigenvalue weighted by molar-refractivity contribution is 9.10. The summed E-state index contributed by atoms with van der Waals surface area (Å²) >= 11 is 9.36. The topological polar surface area (TPSA) is 79.8 Å². The van der Waals surface area contributed by atoms with Crippen LogP contribution in [0.3, 0.4) is 0 Å². The molecule has 2 aromatic carbocycles. The summed E-state index contributed by atoms with van der Waals surface area (Å²) in [5.74, 6) is 1.86. The first-order chi connectivity index (χ1) is 13.4. The largest absolute Gasteiger partial charge is 0.480 e. The molecule has 0 spiro atoms. The van der Waals surface area contributed by atoms with Gasteiger partial charge in [0.2, 0.25) is 11.8 Å². The Morgan fingerprint density at radius 2 is 2.07 bits per heavy atom. The number of hydrogen-bond acceptors (Lipinski definition) is 4. The number of nitrogens with one attached hydrogen (secondary N) is 2. The zero-order chi connectivity index (χ0) is 20.5. The number of aryl methyl sites for hydroxylation is 1. The highest BCUT2D eigenvalue weighted by atomic mass is 79.9. The van der Waals surface area contributed by atoms with Crippen LogP contribution >= 0.6 is 27.5 Å². The lowest BCUT2D eigenvalue weighted by Crippen LogP contribution is -2.24. The summed E-state index contributed by atoms with van der Waals surface area (Å²) in [6, 6.07) is 10.4. The Labute approximate surface area is 176 Å². The summed E-state index contributed by atoms with van der Waals surface area (Å²) in [7, 11) is 0. The van der Waals surface area contributed by atoms with Crippen molar-refractivity contribution < 1.29 is 14.3 Å². The maximum atomic E-state index is 12.0. The zero-order valence-corrected chi connectivity index (χ0v) is 17.3. The molecule has 144 valence electrons. The molecule has 0 radical (unpaired) electrons. The van der Waals surface area contributed by atoms with Gasteiger partial charge in [-0.25, -0.2) is 5.43 Å². The Morgan fingerprint density at radius 3 is 2.79 bits per heavy atom. The molecule has 0 atom stereocenters. The number of hydrogen-bond donors (Lipinski definition) is 2. The number of carbonyl (C=O) groups is 2. The van der Waals surface area contributed by atoms with Gasteiger partial charge in [0.25, 0.3) is 0 Å². The molecule has 0 fully saturated rings. The van der Waals surface area contributed by atoms with Crippen LogP contribution in [0.2, 0.25) is 5.02 Å². The monoisotopic (exact) mass is 461 g/mol. The van der Waals surface area contributed by atoms with E-state index in [9.17, 15) is 9.59 Å². The minimum absolute atomic E-state index is 0.109. The van der Waals surface area contributed by atoms with E-state index in [4.69, 9.17) is 22.8 Å². The first kappa shape index (κ1) is 21.5. The molecule has 0 heterocycles. The summed E-state index contributed by atoms with van der Waals surface area (Å²) < 4.78 is 6.22. The van der Waals surface area contributed by atoms with Crippen LogP contribution in [0.5, 0.6) is 5.75 Å². The van der Waals surface area contributed by atoms with Gasteiger partial charge in [0.15, 0.2) is 0 Å². The molecule has 0 aliphatic carbocycles. The highest BCUT2D eigenvalue weighted by Gasteiger charge is 2.10. The van der Waals surface area contributed by atoms with Crippen molar-refractivity contribution in [2.24, 2.45) is 5.10 Å². The van der Waals surface area contributed by atoms with Gasteiger partial charge in [-0.15, -0.1) is 6.42 Å². The van der Waals surface area contributed by atoms with Crippen molar-refractivity contribution in [1.29, 1.82) is 0 Å². The number of nitrogens with zero attached hydrogens (tertiary/aromatic N) is 1. The van der Waals surface area contributed by atoms with Gasteiger partial charge >= 0.3 is 0 Å². The molecular formula is C20H17BrClN3O3. The zero-order valence-electron chi connectivity index (χ0n) is 15.0. The van der Waals surface area contributed by atoms with Crippen LogP contribution in [0.4, 0.5) is 5.69 Å². The number of hydrazone groups is 1. The summed E-state index contributed by atoms with van der Waals surface area (Å²) in [6.45, 7) is 1.96. The predicted molar refractivity (Wildman–Crippen MR) is 114 cm³/mol. The standard InChI is InChI=1S/C20H17BrClN3O3/c1-3-8-28-18-7-5-15(21)9-14(18)12-23-25-20(27)11-19(26)24-16-6-4-13(2)17(22)10-16/h1,4-7,9-10,12H,8,11H2,2H3,(H,24,26)(H,25,27). The van der Waals surface area contributed by atoms with E-state index in [2.05, 4.69) is 37.7 Å². The number of carbonyl (C=O) groups excluding carboxylic acids is 2. The minimum atomic E-state index is -0.562. The Kier molecular flexibility index (Phi) is 8.05. The maximum Gasteiger partial charge on any atom is 0.249 e. The van der Waals surface area contributed by atoms with Crippen molar-refractivity contribution in [3.8, 4) is 18.1 Å². The van der Waals surface area contributed by atoms with E-state index in [1.54, 1.807) is 36.4 Å². The fraction of sp³-hybridized carbons (Fsp3) is 0.150. The lowest BCUT2D eigenvalue weighted by molar-refractivity contribution is -0.126. The first-order valence-corrected chi connectivity index (χ1v) is 9.30. The number of amides is 2. The maximum absolute atomic E-state index is 12.0. The third-order valence-electron chi connectivity index (χ3n) is 3.45. The van der Waals surface area contributed by atoms with Crippen LogP contribution in [-0.2, 0) is 9.59 Å². The van der Waals surface area contributed by atoms with Gasteiger partial charge in [0.1, 0.15) is 18.8 Å². The predicted octanol–water partition coefficient (Wildman–Crippen LogP) is 3.90. The molecule has 0 saturated heterocycles. The van der Waals surface area contributed by atoms with Crippen molar-refractivity contribution in [2.75, 3.05) is 11.9 Å². The quantitative estimate of drug-likeness (QED) is 0.283. The van der Waals surface area contributed by atoms with Gasteiger partial charge in [-0.2, -0.15) is 5.10 Å². The molecule has 0 aliphatic rings. The van der Waals surface area contributed by atoms with E-state index in [0.29, 0.717) is 22.0 Å². The van der Waals surface area contributed by atoms with Crippen LogP contribution in [0.25, 0.3) is 0 Å². The van der Waals surface area contributed by atoms with Gasteiger partial charge in [-0.3, -0.25) is 9.59 Å². The third-order valence-corrected chi connectivity index (χ3v) is 4.35. The van der Waals surface area contributed by atoms with E-state index in [1.807, 2.05) is 6.92 Å². The summed E-state index contributed by atoms with van der Waals surface area (Å²) in [4.78, 5) is 23.9. The van der Waals surface area contributed by atoms with E-state index >= 15 is 0 Å². The molecule has 0 unspecified atom stereocenters. The van der Waals surface area contributed by atoms with E-state index in [1.165, 1.54) is 6.21 Å². The molecule has 0 aliphatic heterocycles. The van der Waals surface area contributed by atoms with Crippen molar-refractivity contribution >= 4 is 51.2 Å². The number of terminal acetylenes is 1. The van der Waals surface area contributed by atoms with Crippen molar-refractivity contribution in [1.82, 2.24) is 5.43 Å². The number of halogens is 2.